The average Bonchev–Trinajstić information content (AvgIpc) is 3.46. The molecule has 2 atom stereocenters. The Morgan fingerprint density at radius 3 is 2.59 bits per heavy atom. The third-order valence-corrected chi connectivity index (χ3v) is 7.53. The van der Waals surface area contributed by atoms with Gasteiger partial charge in [-0.05, 0) is 49.6 Å². The molecule has 1 fully saturated rings. The second kappa shape index (κ2) is 10.0. The van der Waals surface area contributed by atoms with E-state index < -0.39 is 15.8 Å². The molecule has 4 rings (SSSR count). The van der Waals surface area contributed by atoms with Gasteiger partial charge in [-0.1, -0.05) is 6.07 Å². The fraction of sp³-hybridized carbons (Fsp3) is 0.375. The first-order valence-electron chi connectivity index (χ1n) is 11.0. The summed E-state index contributed by atoms with van der Waals surface area (Å²) in [6, 6.07) is 10.7. The normalized spacial score (nSPS) is 18.1. The number of sulfonamides is 1. The summed E-state index contributed by atoms with van der Waals surface area (Å²) in [5.41, 5.74) is 1.66. The largest absolute Gasteiger partial charge is 0.497 e. The lowest BCUT2D eigenvalue weighted by Crippen LogP contribution is -2.24. The van der Waals surface area contributed by atoms with E-state index in [0.717, 1.165) is 31.0 Å². The lowest BCUT2D eigenvalue weighted by atomic mass is 10.0. The molecule has 3 aromatic rings. The molecule has 1 N–H and O–H groups in total. The molecule has 182 valence electrons. The number of halogens is 1. The predicted molar refractivity (Wildman–Crippen MR) is 124 cm³/mol. The molecule has 8 nitrogen and oxygen atoms in total. The number of ether oxygens (including phenoxy) is 3. The van der Waals surface area contributed by atoms with Gasteiger partial charge in [-0.25, -0.2) is 17.5 Å². The lowest BCUT2D eigenvalue weighted by Gasteiger charge is -2.22. The van der Waals surface area contributed by atoms with Gasteiger partial charge < -0.3 is 14.2 Å². The minimum atomic E-state index is -3.96. The van der Waals surface area contributed by atoms with Gasteiger partial charge in [-0.15, -0.1) is 0 Å². The fourth-order valence-electron chi connectivity index (χ4n) is 4.31. The Morgan fingerprint density at radius 1 is 1.09 bits per heavy atom. The zero-order valence-electron chi connectivity index (χ0n) is 19.3. The van der Waals surface area contributed by atoms with Gasteiger partial charge in [-0.2, -0.15) is 5.10 Å². The zero-order valence-corrected chi connectivity index (χ0v) is 20.1. The Morgan fingerprint density at radius 2 is 1.91 bits per heavy atom. The van der Waals surface area contributed by atoms with Gasteiger partial charge in [0.25, 0.3) is 0 Å². The van der Waals surface area contributed by atoms with Crippen LogP contribution in [0.3, 0.4) is 0 Å². The van der Waals surface area contributed by atoms with E-state index >= 15 is 0 Å². The van der Waals surface area contributed by atoms with Crippen LogP contribution in [-0.2, 0) is 23.6 Å². The van der Waals surface area contributed by atoms with Crippen molar-refractivity contribution in [3.63, 3.8) is 0 Å². The third kappa shape index (κ3) is 5.02. The first-order chi connectivity index (χ1) is 16.3. The summed E-state index contributed by atoms with van der Waals surface area (Å²) in [7, 11) is 0.936. The summed E-state index contributed by atoms with van der Waals surface area (Å²) in [5, 5.41) is 4.22. The number of aryl methyl sites for hydroxylation is 1. The first-order valence-corrected chi connectivity index (χ1v) is 12.5. The molecule has 0 aliphatic heterocycles. The van der Waals surface area contributed by atoms with Crippen molar-refractivity contribution in [1.29, 1.82) is 0 Å². The van der Waals surface area contributed by atoms with E-state index in [-0.39, 0.29) is 29.2 Å². The molecular weight excluding hydrogens is 461 g/mol. The van der Waals surface area contributed by atoms with Crippen molar-refractivity contribution < 1.29 is 27.0 Å². The minimum Gasteiger partial charge on any atom is -0.497 e. The summed E-state index contributed by atoms with van der Waals surface area (Å²) in [6.45, 7) is -0.0240. The van der Waals surface area contributed by atoms with Gasteiger partial charge in [0, 0.05) is 43.0 Å². The highest BCUT2D eigenvalue weighted by Crippen LogP contribution is 2.37. The van der Waals surface area contributed by atoms with Crippen LogP contribution in [-0.4, -0.2) is 38.5 Å². The van der Waals surface area contributed by atoms with Gasteiger partial charge in [0.05, 0.1) is 19.1 Å². The Labute approximate surface area is 198 Å². The summed E-state index contributed by atoms with van der Waals surface area (Å²) >= 11 is 0. The zero-order chi connectivity index (χ0) is 24.3. The van der Waals surface area contributed by atoms with Crippen LogP contribution in [0.1, 0.15) is 36.4 Å². The molecule has 1 saturated carbocycles. The smallest absolute Gasteiger partial charge is 0.240 e. The van der Waals surface area contributed by atoms with Crippen LogP contribution in [0.15, 0.2) is 53.6 Å². The van der Waals surface area contributed by atoms with Crippen molar-refractivity contribution >= 4 is 10.0 Å². The molecule has 1 aliphatic carbocycles. The monoisotopic (exact) mass is 489 g/mol. The van der Waals surface area contributed by atoms with Crippen molar-refractivity contribution in [3.05, 3.63) is 65.7 Å². The van der Waals surface area contributed by atoms with Crippen LogP contribution in [0.2, 0.25) is 0 Å². The number of methoxy groups -OCH3 is 2. The number of aromatic nitrogens is 2. The highest BCUT2D eigenvalue weighted by molar-refractivity contribution is 7.89. The highest BCUT2D eigenvalue weighted by atomic mass is 32.2. The lowest BCUT2D eigenvalue weighted by molar-refractivity contribution is 0.179. The van der Waals surface area contributed by atoms with Crippen LogP contribution in [0, 0.1) is 5.82 Å². The van der Waals surface area contributed by atoms with Crippen molar-refractivity contribution in [2.45, 2.75) is 42.7 Å². The second-order valence-corrected chi connectivity index (χ2v) is 9.93. The maximum atomic E-state index is 14.9. The fourth-order valence-corrected chi connectivity index (χ4v) is 5.33. The topological polar surface area (TPSA) is 91.7 Å². The maximum Gasteiger partial charge on any atom is 0.240 e. The molecule has 0 saturated heterocycles. The van der Waals surface area contributed by atoms with Gasteiger partial charge >= 0.3 is 0 Å². The van der Waals surface area contributed by atoms with Gasteiger partial charge in [0.1, 0.15) is 17.6 Å². The predicted octanol–water partition coefficient (Wildman–Crippen LogP) is 3.77. The van der Waals surface area contributed by atoms with E-state index in [1.54, 1.807) is 24.4 Å². The molecule has 34 heavy (non-hydrogen) atoms. The molecule has 2 aromatic carbocycles. The second-order valence-electron chi connectivity index (χ2n) is 8.17. The van der Waals surface area contributed by atoms with E-state index in [9.17, 15) is 12.8 Å². The molecule has 0 radical (unpaired) electrons. The first kappa shape index (κ1) is 24.0. The van der Waals surface area contributed by atoms with Gasteiger partial charge in [0.15, 0.2) is 11.6 Å². The Bertz CT molecular complexity index is 1260. The molecule has 1 aliphatic rings. The van der Waals surface area contributed by atoms with E-state index in [1.165, 1.54) is 26.4 Å². The summed E-state index contributed by atoms with van der Waals surface area (Å²) < 4.78 is 61.2. The van der Waals surface area contributed by atoms with Crippen LogP contribution in [0.25, 0.3) is 0 Å². The third-order valence-electron chi connectivity index (χ3n) is 6.13. The molecular formula is C24H28FN3O5S. The standard InChI is InChI=1S/C24H28FN3O5S/c1-28-21(11-12-26-28)19-5-4-6-22(19)33-23-10-9-18(14-20(23)25)34(29,30)27-15-16-7-8-17(31-2)13-24(16)32-3/h7-14,19,22,27H,4-6,15H2,1-3H3/t19-,22+/m1/s1. The summed E-state index contributed by atoms with van der Waals surface area (Å²) in [4.78, 5) is -0.181. The minimum absolute atomic E-state index is 0.0240. The number of benzene rings is 2. The molecule has 0 spiro atoms. The van der Waals surface area contributed by atoms with Gasteiger partial charge in [0.2, 0.25) is 10.0 Å². The molecule has 0 amide bonds. The molecule has 0 unspecified atom stereocenters. The van der Waals surface area contributed by atoms with E-state index in [1.807, 2.05) is 17.8 Å². The molecule has 0 bridgehead atoms. The summed E-state index contributed by atoms with van der Waals surface area (Å²) in [5.74, 6) is 0.498. The number of nitrogens with zero attached hydrogens (tertiary/aromatic N) is 2. The van der Waals surface area contributed by atoms with Crippen LogP contribution in [0.4, 0.5) is 4.39 Å². The summed E-state index contributed by atoms with van der Waals surface area (Å²) in [6.07, 6.45) is 4.22. The Balaban J connectivity index is 1.46. The Hall–Kier alpha value is -3.11. The molecule has 1 heterocycles. The SMILES string of the molecule is COc1ccc(CNS(=O)(=O)c2ccc(O[C@H]3CCC[C@@H]3c3ccnn3C)c(F)c2)c(OC)c1. The van der Waals surface area contributed by atoms with Crippen molar-refractivity contribution in [3.8, 4) is 17.2 Å². The number of rotatable bonds is 9. The van der Waals surface area contributed by atoms with Crippen LogP contribution in [0.5, 0.6) is 17.2 Å². The van der Waals surface area contributed by atoms with E-state index in [0.29, 0.717) is 17.1 Å². The molecule has 1 aromatic heterocycles. The number of hydrogen-bond acceptors (Lipinski definition) is 6. The van der Waals surface area contributed by atoms with Crippen molar-refractivity contribution in [2.24, 2.45) is 7.05 Å². The van der Waals surface area contributed by atoms with Crippen LogP contribution < -0.4 is 18.9 Å². The highest BCUT2D eigenvalue weighted by Gasteiger charge is 2.33. The average molecular weight is 490 g/mol. The maximum absolute atomic E-state index is 14.9. The molecule has 10 heteroatoms. The van der Waals surface area contributed by atoms with Crippen molar-refractivity contribution in [2.75, 3.05) is 14.2 Å². The van der Waals surface area contributed by atoms with E-state index in [4.69, 9.17) is 14.2 Å². The van der Waals surface area contributed by atoms with Gasteiger partial charge in [-0.3, -0.25) is 4.68 Å². The van der Waals surface area contributed by atoms with Crippen molar-refractivity contribution in [1.82, 2.24) is 14.5 Å². The quantitative estimate of drug-likeness (QED) is 0.492. The number of nitrogens with one attached hydrogen (secondary N) is 1. The van der Waals surface area contributed by atoms with Crippen LogP contribution >= 0.6 is 0 Å². The Kier molecular flexibility index (Phi) is 7.08. The van der Waals surface area contributed by atoms with E-state index in [2.05, 4.69) is 9.82 Å². The number of hydrogen-bond donors (Lipinski definition) is 1.